The van der Waals surface area contributed by atoms with E-state index in [1.807, 2.05) is 36.1 Å². The maximum atomic E-state index is 13.3. The standard InChI is InChI=1S/C24H24N4O4S/c1-14-19-21(29)26-13-27-23(19)33-20(14)24(30)28-8-4-6-16(12-28)22-25-11-18(32-22)10-15-5-3-7-17(9-15)31-2/h3,5,7,9,11,13,16H,4,6,8,10,12H2,1-2H3,(H,26,27,29)/t16-/m0/s1. The van der Waals surface area contributed by atoms with Crippen molar-refractivity contribution < 1.29 is 13.9 Å². The number of piperidine rings is 1. The number of methoxy groups -OCH3 is 1. The number of carbonyl (C=O) groups excluding carboxylic acids is 1. The van der Waals surface area contributed by atoms with Crippen molar-refractivity contribution in [1.82, 2.24) is 19.9 Å². The molecule has 0 unspecified atom stereocenters. The van der Waals surface area contributed by atoms with E-state index in [-0.39, 0.29) is 17.4 Å². The van der Waals surface area contributed by atoms with Gasteiger partial charge in [-0.05, 0) is 43.0 Å². The monoisotopic (exact) mass is 464 g/mol. The van der Waals surface area contributed by atoms with E-state index in [0.717, 1.165) is 29.9 Å². The van der Waals surface area contributed by atoms with Crippen LogP contribution in [0.1, 0.15) is 51.2 Å². The molecule has 33 heavy (non-hydrogen) atoms. The molecular weight excluding hydrogens is 440 g/mol. The normalized spacial score (nSPS) is 16.3. The summed E-state index contributed by atoms with van der Waals surface area (Å²) in [5.41, 5.74) is 1.56. The van der Waals surface area contributed by atoms with Gasteiger partial charge in [0.2, 0.25) is 0 Å². The lowest BCUT2D eigenvalue weighted by Crippen LogP contribution is -2.39. The molecule has 1 aliphatic heterocycles. The molecule has 8 nitrogen and oxygen atoms in total. The van der Waals surface area contributed by atoms with E-state index in [2.05, 4.69) is 15.0 Å². The molecule has 0 spiro atoms. The van der Waals surface area contributed by atoms with Gasteiger partial charge in [-0.25, -0.2) is 9.97 Å². The van der Waals surface area contributed by atoms with Crippen molar-refractivity contribution in [2.45, 2.75) is 32.1 Å². The molecular formula is C24H24N4O4S. The summed E-state index contributed by atoms with van der Waals surface area (Å²) in [6, 6.07) is 7.87. The predicted octanol–water partition coefficient (Wildman–Crippen LogP) is 3.90. The van der Waals surface area contributed by atoms with Gasteiger partial charge in [0.05, 0.1) is 35.8 Å². The van der Waals surface area contributed by atoms with E-state index >= 15 is 0 Å². The summed E-state index contributed by atoms with van der Waals surface area (Å²) in [5.74, 6) is 2.23. The van der Waals surface area contributed by atoms with Gasteiger partial charge in [0.1, 0.15) is 16.3 Å². The van der Waals surface area contributed by atoms with Gasteiger partial charge in [-0.15, -0.1) is 11.3 Å². The maximum Gasteiger partial charge on any atom is 0.264 e. The number of aromatic nitrogens is 3. The van der Waals surface area contributed by atoms with Crippen LogP contribution >= 0.6 is 11.3 Å². The minimum atomic E-state index is -0.215. The van der Waals surface area contributed by atoms with Gasteiger partial charge in [0.25, 0.3) is 11.5 Å². The number of nitrogens with one attached hydrogen (secondary N) is 1. The first-order valence-electron chi connectivity index (χ1n) is 10.9. The summed E-state index contributed by atoms with van der Waals surface area (Å²) in [5, 5.41) is 0.495. The van der Waals surface area contributed by atoms with Crippen LogP contribution in [0.25, 0.3) is 10.2 Å². The van der Waals surface area contributed by atoms with Crippen LogP contribution in [0.5, 0.6) is 5.75 Å². The zero-order valence-electron chi connectivity index (χ0n) is 18.5. The van der Waals surface area contributed by atoms with E-state index < -0.39 is 0 Å². The van der Waals surface area contributed by atoms with Gasteiger partial charge in [-0.3, -0.25) is 9.59 Å². The SMILES string of the molecule is COc1cccc(Cc2cnc([C@H]3CCCN(C(=O)c4sc5nc[nH]c(=O)c5c4C)C3)o2)c1. The zero-order valence-corrected chi connectivity index (χ0v) is 19.3. The molecule has 1 aromatic carbocycles. The highest BCUT2D eigenvalue weighted by atomic mass is 32.1. The molecule has 170 valence electrons. The van der Waals surface area contributed by atoms with Crippen molar-refractivity contribution in [1.29, 1.82) is 0 Å². The summed E-state index contributed by atoms with van der Waals surface area (Å²) < 4.78 is 11.4. The molecule has 1 fully saturated rings. The molecule has 9 heteroatoms. The van der Waals surface area contributed by atoms with E-state index in [9.17, 15) is 9.59 Å². The number of H-pyrrole nitrogens is 1. The second-order valence-corrected chi connectivity index (χ2v) is 9.25. The number of likely N-dealkylation sites (tertiary alicyclic amines) is 1. The molecule has 4 aromatic rings. The van der Waals surface area contributed by atoms with E-state index in [1.54, 1.807) is 13.3 Å². The Balaban J connectivity index is 1.32. The zero-order chi connectivity index (χ0) is 22.9. The van der Waals surface area contributed by atoms with Gasteiger partial charge in [0.15, 0.2) is 5.89 Å². The van der Waals surface area contributed by atoms with Gasteiger partial charge < -0.3 is 19.0 Å². The number of nitrogens with zero attached hydrogens (tertiary/aromatic N) is 3. The third-order valence-electron chi connectivity index (χ3n) is 6.07. The number of carbonyl (C=O) groups is 1. The highest BCUT2D eigenvalue weighted by Crippen LogP contribution is 2.32. The lowest BCUT2D eigenvalue weighted by Gasteiger charge is -2.31. The molecule has 1 amide bonds. The quantitative estimate of drug-likeness (QED) is 0.481. The van der Waals surface area contributed by atoms with Gasteiger partial charge >= 0.3 is 0 Å². The number of benzene rings is 1. The Morgan fingerprint density at radius 3 is 3.06 bits per heavy atom. The number of oxazole rings is 1. The van der Waals surface area contributed by atoms with Gasteiger partial charge in [0, 0.05) is 19.5 Å². The Hall–Kier alpha value is -3.46. The number of hydrogen-bond acceptors (Lipinski definition) is 7. The van der Waals surface area contributed by atoms with Crippen LogP contribution in [0.3, 0.4) is 0 Å². The van der Waals surface area contributed by atoms with Crippen LogP contribution < -0.4 is 10.3 Å². The average Bonchev–Trinajstić information content (AvgIpc) is 3.44. The Morgan fingerprint density at radius 1 is 1.36 bits per heavy atom. The maximum absolute atomic E-state index is 13.3. The number of fused-ring (bicyclic) bond motifs is 1. The summed E-state index contributed by atoms with van der Waals surface area (Å²) in [6.07, 6.45) is 5.55. The summed E-state index contributed by atoms with van der Waals surface area (Å²) in [6.45, 7) is 3.02. The molecule has 4 heterocycles. The molecule has 1 saturated heterocycles. The largest absolute Gasteiger partial charge is 0.497 e. The fraction of sp³-hybridized carbons (Fsp3) is 0.333. The molecule has 0 radical (unpaired) electrons. The topological polar surface area (TPSA) is 101 Å². The van der Waals surface area contributed by atoms with Crippen molar-refractivity contribution in [3.63, 3.8) is 0 Å². The molecule has 5 rings (SSSR count). The van der Waals surface area contributed by atoms with Crippen LogP contribution in [0.15, 0.2) is 46.0 Å². The fourth-order valence-corrected chi connectivity index (χ4v) is 5.48. The number of amides is 1. The summed E-state index contributed by atoms with van der Waals surface area (Å²) >= 11 is 1.27. The summed E-state index contributed by atoms with van der Waals surface area (Å²) in [4.78, 5) is 39.8. The molecule has 0 bridgehead atoms. The van der Waals surface area contributed by atoms with Crippen molar-refractivity contribution in [2.75, 3.05) is 20.2 Å². The first kappa shape index (κ1) is 21.4. The van der Waals surface area contributed by atoms with Crippen molar-refractivity contribution in [2.24, 2.45) is 0 Å². The Kier molecular flexibility index (Phi) is 5.72. The minimum absolute atomic E-state index is 0.0398. The highest BCUT2D eigenvalue weighted by Gasteiger charge is 2.30. The summed E-state index contributed by atoms with van der Waals surface area (Å²) in [7, 11) is 1.65. The first-order valence-corrected chi connectivity index (χ1v) is 11.7. The number of rotatable bonds is 5. The third kappa shape index (κ3) is 4.16. The van der Waals surface area contributed by atoms with Crippen molar-refractivity contribution in [3.05, 3.63) is 74.8 Å². The number of aryl methyl sites for hydroxylation is 1. The van der Waals surface area contributed by atoms with Crippen LogP contribution in [-0.4, -0.2) is 46.0 Å². The van der Waals surface area contributed by atoms with E-state index in [4.69, 9.17) is 9.15 Å². The average molecular weight is 465 g/mol. The molecule has 1 aliphatic rings. The molecule has 3 aromatic heterocycles. The Labute approximate surface area is 194 Å². The van der Waals surface area contributed by atoms with Crippen molar-refractivity contribution >= 4 is 27.5 Å². The number of aromatic amines is 1. The van der Waals surface area contributed by atoms with Crippen molar-refractivity contribution in [3.8, 4) is 5.75 Å². The van der Waals surface area contributed by atoms with E-state index in [0.29, 0.717) is 46.1 Å². The molecule has 0 aliphatic carbocycles. The predicted molar refractivity (Wildman–Crippen MR) is 125 cm³/mol. The number of hydrogen-bond donors (Lipinski definition) is 1. The smallest absolute Gasteiger partial charge is 0.264 e. The minimum Gasteiger partial charge on any atom is -0.497 e. The number of ether oxygens (including phenoxy) is 1. The second kappa shape index (κ2) is 8.82. The van der Waals surface area contributed by atoms with Crippen LogP contribution in [-0.2, 0) is 6.42 Å². The second-order valence-electron chi connectivity index (χ2n) is 8.25. The Morgan fingerprint density at radius 2 is 2.24 bits per heavy atom. The van der Waals surface area contributed by atoms with Crippen LogP contribution in [0.2, 0.25) is 0 Å². The molecule has 0 saturated carbocycles. The third-order valence-corrected chi connectivity index (χ3v) is 7.26. The molecule has 1 N–H and O–H groups in total. The van der Waals surface area contributed by atoms with Gasteiger partial charge in [-0.1, -0.05) is 12.1 Å². The van der Waals surface area contributed by atoms with E-state index in [1.165, 1.54) is 17.7 Å². The molecule has 1 atom stereocenters. The fourth-order valence-electron chi connectivity index (χ4n) is 4.37. The highest BCUT2D eigenvalue weighted by molar-refractivity contribution is 7.20. The van der Waals surface area contributed by atoms with Crippen LogP contribution in [0.4, 0.5) is 0 Å². The number of thiophene rings is 1. The lowest BCUT2D eigenvalue weighted by molar-refractivity contribution is 0.0702. The van der Waals surface area contributed by atoms with Crippen LogP contribution in [0, 0.1) is 6.92 Å². The van der Waals surface area contributed by atoms with Gasteiger partial charge in [-0.2, -0.15) is 0 Å². The lowest BCUT2D eigenvalue weighted by atomic mass is 9.97. The Bertz CT molecular complexity index is 1370. The first-order chi connectivity index (χ1) is 16.0.